The summed E-state index contributed by atoms with van der Waals surface area (Å²) in [6.07, 6.45) is 4.00. The van der Waals surface area contributed by atoms with Crippen LogP contribution in [0, 0.1) is 18.3 Å². The van der Waals surface area contributed by atoms with Crippen LogP contribution in [0.4, 0.5) is 5.69 Å². The molecule has 0 amide bonds. The molecular weight excluding hydrogens is 414 g/mol. The Morgan fingerprint density at radius 1 is 1.20 bits per heavy atom. The Bertz CT molecular complexity index is 1130. The quantitative estimate of drug-likeness (QED) is 0.628. The first kappa shape index (κ1) is 20.6. The first-order chi connectivity index (χ1) is 14.5. The molecule has 1 heterocycles. The van der Waals surface area contributed by atoms with Crippen molar-refractivity contribution < 1.29 is 4.79 Å². The lowest BCUT2D eigenvalue weighted by Gasteiger charge is -2.40. The standard InChI is InChI=1S/C24H22ClN3OS/c1-14-18(25)5-3-6-19(14)28-20-7-4-8-21(29)23(20)22(17(13-26)24(28)27)15-9-11-16(30-2)12-10-15/h3,5-6,9-12,22H,4,7-8,27H2,1-2H3/t22-/m1/s1. The second kappa shape index (κ2) is 8.22. The highest BCUT2D eigenvalue weighted by Gasteiger charge is 2.40. The molecule has 2 N–H and O–H groups in total. The maximum absolute atomic E-state index is 13.1. The molecule has 1 aliphatic carbocycles. The molecule has 152 valence electrons. The number of carbonyl (C=O) groups excluding carboxylic acids is 1. The van der Waals surface area contributed by atoms with Crippen LogP contribution < -0.4 is 10.6 Å². The van der Waals surface area contributed by atoms with Gasteiger partial charge in [-0.15, -0.1) is 11.8 Å². The van der Waals surface area contributed by atoms with E-state index < -0.39 is 5.92 Å². The maximum Gasteiger partial charge on any atom is 0.161 e. The SMILES string of the molecule is CSc1ccc([C@@H]2C(C#N)=C(N)N(c3cccc(Cl)c3C)C3=C2C(=O)CCC3)cc1. The van der Waals surface area contributed by atoms with E-state index in [9.17, 15) is 10.1 Å². The molecule has 0 radical (unpaired) electrons. The van der Waals surface area contributed by atoms with Gasteiger partial charge >= 0.3 is 0 Å². The van der Waals surface area contributed by atoms with Crippen LogP contribution in [0.5, 0.6) is 0 Å². The lowest BCUT2D eigenvalue weighted by Crippen LogP contribution is -2.39. The molecule has 0 saturated heterocycles. The number of benzene rings is 2. The number of ketones is 1. The number of carbonyl (C=O) groups is 1. The molecule has 1 aliphatic heterocycles. The summed E-state index contributed by atoms with van der Waals surface area (Å²) in [5, 5.41) is 10.7. The van der Waals surface area contributed by atoms with Gasteiger partial charge in [-0.05, 0) is 61.4 Å². The van der Waals surface area contributed by atoms with Gasteiger partial charge in [0.25, 0.3) is 0 Å². The third-order valence-corrected chi connectivity index (χ3v) is 7.00. The summed E-state index contributed by atoms with van der Waals surface area (Å²) in [5.41, 5.74) is 11.2. The fourth-order valence-corrected chi connectivity index (χ4v) is 4.91. The fourth-order valence-electron chi connectivity index (χ4n) is 4.33. The van der Waals surface area contributed by atoms with Crippen LogP contribution in [-0.4, -0.2) is 12.0 Å². The van der Waals surface area contributed by atoms with Crippen LogP contribution in [0.25, 0.3) is 0 Å². The van der Waals surface area contributed by atoms with Crippen molar-refractivity contribution >= 4 is 34.8 Å². The number of thioether (sulfide) groups is 1. The van der Waals surface area contributed by atoms with Gasteiger partial charge < -0.3 is 5.73 Å². The highest BCUT2D eigenvalue weighted by Crippen LogP contribution is 2.47. The number of anilines is 1. The molecule has 0 unspecified atom stereocenters. The number of nitrogens with two attached hydrogens (primary N) is 1. The number of halogens is 1. The Balaban J connectivity index is 1.96. The lowest BCUT2D eigenvalue weighted by atomic mass is 9.75. The number of rotatable bonds is 3. The first-order valence-electron chi connectivity index (χ1n) is 9.83. The molecule has 2 aliphatic rings. The van der Waals surface area contributed by atoms with Gasteiger partial charge in [-0.3, -0.25) is 9.69 Å². The number of hydrogen-bond donors (Lipinski definition) is 1. The van der Waals surface area contributed by atoms with Crippen molar-refractivity contribution in [2.24, 2.45) is 5.73 Å². The van der Waals surface area contributed by atoms with Crippen molar-refractivity contribution in [1.82, 2.24) is 0 Å². The summed E-state index contributed by atoms with van der Waals surface area (Å²) in [7, 11) is 0. The predicted octanol–water partition coefficient (Wildman–Crippen LogP) is 5.68. The largest absolute Gasteiger partial charge is 0.384 e. The molecule has 2 aromatic rings. The third kappa shape index (κ3) is 3.30. The Hall–Kier alpha value is -2.68. The lowest BCUT2D eigenvalue weighted by molar-refractivity contribution is -0.116. The van der Waals surface area contributed by atoms with Crippen LogP contribution >= 0.6 is 23.4 Å². The highest BCUT2D eigenvalue weighted by molar-refractivity contribution is 7.98. The predicted molar refractivity (Wildman–Crippen MR) is 122 cm³/mol. The second-order valence-corrected chi connectivity index (χ2v) is 8.76. The van der Waals surface area contributed by atoms with Crippen molar-refractivity contribution in [1.29, 1.82) is 5.26 Å². The third-order valence-electron chi connectivity index (χ3n) is 5.84. The topological polar surface area (TPSA) is 70.1 Å². The normalized spacial score (nSPS) is 19.1. The minimum absolute atomic E-state index is 0.0834. The summed E-state index contributed by atoms with van der Waals surface area (Å²) in [4.78, 5) is 16.1. The van der Waals surface area contributed by atoms with Gasteiger partial charge in [0.1, 0.15) is 5.82 Å². The average Bonchev–Trinajstić information content (AvgIpc) is 2.76. The van der Waals surface area contributed by atoms with Gasteiger partial charge in [0, 0.05) is 27.6 Å². The van der Waals surface area contributed by atoms with Crippen LogP contribution in [0.15, 0.2) is 70.0 Å². The minimum Gasteiger partial charge on any atom is -0.384 e. The minimum atomic E-state index is -0.440. The van der Waals surface area contributed by atoms with Crippen LogP contribution in [0.2, 0.25) is 5.02 Å². The molecule has 6 heteroatoms. The number of nitriles is 1. The fraction of sp³-hybridized carbons (Fsp3) is 0.250. The van der Waals surface area contributed by atoms with Crippen molar-refractivity contribution in [2.45, 2.75) is 37.0 Å². The van der Waals surface area contributed by atoms with Gasteiger partial charge in [-0.1, -0.05) is 29.8 Å². The molecule has 0 aromatic heterocycles. The highest BCUT2D eigenvalue weighted by atomic mass is 35.5. The number of Topliss-reactive ketones (excluding diaryl/α,β-unsaturated/α-hetero) is 1. The second-order valence-electron chi connectivity index (χ2n) is 7.47. The van der Waals surface area contributed by atoms with E-state index in [1.54, 1.807) is 11.8 Å². The number of hydrogen-bond acceptors (Lipinski definition) is 5. The van der Waals surface area contributed by atoms with E-state index >= 15 is 0 Å². The summed E-state index contributed by atoms with van der Waals surface area (Å²) in [6.45, 7) is 1.93. The van der Waals surface area contributed by atoms with Gasteiger partial charge in [-0.25, -0.2) is 0 Å². The van der Waals surface area contributed by atoms with Gasteiger partial charge in [-0.2, -0.15) is 5.26 Å². The number of nitrogens with zero attached hydrogens (tertiary/aromatic N) is 2. The Labute approximate surface area is 186 Å². The van der Waals surface area contributed by atoms with Gasteiger partial charge in [0.2, 0.25) is 0 Å². The molecule has 2 aromatic carbocycles. The van der Waals surface area contributed by atoms with E-state index in [0.29, 0.717) is 28.4 Å². The molecule has 0 fully saturated rings. The Kier molecular flexibility index (Phi) is 5.64. The Morgan fingerprint density at radius 2 is 1.93 bits per heavy atom. The smallest absolute Gasteiger partial charge is 0.161 e. The molecule has 30 heavy (non-hydrogen) atoms. The van der Waals surface area contributed by atoms with Crippen LogP contribution in [0.3, 0.4) is 0 Å². The van der Waals surface area contributed by atoms with Gasteiger partial charge in [0.15, 0.2) is 5.78 Å². The molecule has 0 saturated carbocycles. The summed E-state index contributed by atoms with van der Waals surface area (Å²) in [5.74, 6) is 0.0137. The zero-order valence-corrected chi connectivity index (χ0v) is 18.5. The van der Waals surface area contributed by atoms with E-state index in [1.807, 2.05) is 60.5 Å². The van der Waals surface area contributed by atoms with Crippen molar-refractivity contribution in [3.63, 3.8) is 0 Å². The molecule has 0 bridgehead atoms. The van der Waals surface area contributed by atoms with Crippen LogP contribution in [0.1, 0.15) is 36.3 Å². The molecule has 4 nitrogen and oxygen atoms in total. The van der Waals surface area contributed by atoms with E-state index in [0.717, 1.165) is 40.2 Å². The van der Waals surface area contributed by atoms with Gasteiger partial charge in [0.05, 0.1) is 23.2 Å². The molecule has 1 atom stereocenters. The van der Waals surface area contributed by atoms with E-state index in [2.05, 4.69) is 6.07 Å². The first-order valence-corrected chi connectivity index (χ1v) is 11.4. The van der Waals surface area contributed by atoms with Crippen molar-refractivity contribution in [3.05, 3.63) is 81.3 Å². The van der Waals surface area contributed by atoms with E-state index in [1.165, 1.54) is 0 Å². The zero-order chi connectivity index (χ0) is 21.4. The summed E-state index contributed by atoms with van der Waals surface area (Å²) < 4.78 is 0. The zero-order valence-electron chi connectivity index (χ0n) is 16.9. The maximum atomic E-state index is 13.1. The molecule has 4 rings (SSSR count). The molecule has 0 spiro atoms. The van der Waals surface area contributed by atoms with Crippen molar-refractivity contribution in [2.75, 3.05) is 11.2 Å². The molecular formula is C24H22ClN3OS. The average molecular weight is 436 g/mol. The number of allylic oxidation sites excluding steroid dienone is 3. The Morgan fingerprint density at radius 3 is 2.60 bits per heavy atom. The van der Waals surface area contributed by atoms with E-state index in [4.69, 9.17) is 17.3 Å². The van der Waals surface area contributed by atoms with Crippen LogP contribution in [-0.2, 0) is 4.79 Å². The van der Waals surface area contributed by atoms with Crippen molar-refractivity contribution in [3.8, 4) is 6.07 Å². The summed E-state index contributed by atoms with van der Waals surface area (Å²) in [6, 6.07) is 16.0. The monoisotopic (exact) mass is 435 g/mol. The summed E-state index contributed by atoms with van der Waals surface area (Å²) >= 11 is 8.03. The van der Waals surface area contributed by atoms with E-state index in [-0.39, 0.29) is 5.78 Å².